The number of benzene rings is 4. The zero-order chi connectivity index (χ0) is 36.6. The summed E-state index contributed by atoms with van der Waals surface area (Å²) in [6.07, 6.45) is 0.927. The molecule has 2 amide bonds. The minimum absolute atomic E-state index is 0.0764. The molecule has 5 aromatic rings. The summed E-state index contributed by atoms with van der Waals surface area (Å²) in [5.74, 6) is -0.284. The second-order valence-electron chi connectivity index (χ2n) is 14.2. The molecule has 13 heteroatoms. The molecule has 0 bridgehead atoms. The topological polar surface area (TPSA) is 115 Å². The highest BCUT2D eigenvalue weighted by molar-refractivity contribution is 6.17. The monoisotopic (exact) mass is 713 g/mol. The number of non-ortho nitro benzene ring substituents is 1. The highest BCUT2D eigenvalue weighted by atomic mass is 16.6. The number of nitro benzene ring substituents is 1. The van der Waals surface area contributed by atoms with E-state index < -0.39 is 11.1 Å². The molecule has 2 saturated heterocycles. The van der Waals surface area contributed by atoms with Crippen LogP contribution in [0.15, 0.2) is 97.2 Å². The van der Waals surface area contributed by atoms with Crippen LogP contribution in [-0.4, -0.2) is 126 Å². The van der Waals surface area contributed by atoms with Gasteiger partial charge in [0.2, 0.25) is 11.8 Å². The van der Waals surface area contributed by atoms with Crippen LogP contribution in [0.1, 0.15) is 11.7 Å². The van der Waals surface area contributed by atoms with E-state index in [-0.39, 0.29) is 30.6 Å². The van der Waals surface area contributed by atoms with Crippen LogP contribution in [0.4, 0.5) is 17.1 Å². The lowest BCUT2D eigenvalue weighted by Gasteiger charge is -2.46. The average molecular weight is 714 g/mol. The number of nitrogens with zero attached hydrogens (tertiary/aromatic N) is 9. The van der Waals surface area contributed by atoms with Gasteiger partial charge in [0.15, 0.2) is 0 Å². The van der Waals surface area contributed by atoms with E-state index in [4.69, 9.17) is 5.10 Å². The van der Waals surface area contributed by atoms with Crippen molar-refractivity contribution >= 4 is 39.6 Å². The molecule has 4 heterocycles. The molecule has 53 heavy (non-hydrogen) atoms. The summed E-state index contributed by atoms with van der Waals surface area (Å²) in [7, 11) is 4.17. The van der Waals surface area contributed by atoms with E-state index >= 15 is 9.59 Å². The highest BCUT2D eigenvalue weighted by Crippen LogP contribution is 2.48. The number of anilines is 2. The maximum Gasteiger partial charge on any atom is 0.270 e. The van der Waals surface area contributed by atoms with Crippen molar-refractivity contribution in [2.45, 2.75) is 6.17 Å². The number of carbonyl (C=O) groups excluding carboxylic acids is 2. The van der Waals surface area contributed by atoms with E-state index in [0.29, 0.717) is 28.2 Å². The molecule has 0 saturated carbocycles. The van der Waals surface area contributed by atoms with E-state index in [2.05, 4.69) is 33.7 Å². The quantitative estimate of drug-likeness (QED) is 0.170. The Labute approximate surface area is 308 Å². The van der Waals surface area contributed by atoms with Gasteiger partial charge in [0.05, 0.1) is 35.1 Å². The number of carbonyl (C=O) groups is 2. The van der Waals surface area contributed by atoms with Crippen molar-refractivity contribution in [1.29, 1.82) is 0 Å². The third-order valence-corrected chi connectivity index (χ3v) is 10.7. The third kappa shape index (κ3) is 6.79. The third-order valence-electron chi connectivity index (χ3n) is 10.7. The first-order valence-electron chi connectivity index (χ1n) is 18.1. The van der Waals surface area contributed by atoms with Crippen LogP contribution in [0, 0.1) is 10.1 Å². The number of likely N-dealkylation sites (N-methyl/N-ethyl adjacent to an activating group) is 2. The summed E-state index contributed by atoms with van der Waals surface area (Å²) in [6, 6.07) is 27.8. The van der Waals surface area contributed by atoms with Crippen molar-refractivity contribution in [3.8, 4) is 16.9 Å². The maximum atomic E-state index is 15.0. The van der Waals surface area contributed by atoms with Crippen molar-refractivity contribution in [2.24, 2.45) is 0 Å². The predicted octanol–water partition coefficient (Wildman–Crippen LogP) is 4.47. The lowest BCUT2D eigenvalue weighted by atomic mass is 9.96. The molecule has 272 valence electrons. The van der Waals surface area contributed by atoms with Crippen molar-refractivity contribution in [3.05, 3.63) is 113 Å². The Hall–Kier alpha value is -5.47. The Kier molecular flexibility index (Phi) is 9.48. The molecule has 0 radical (unpaired) electrons. The van der Waals surface area contributed by atoms with Crippen LogP contribution in [0.5, 0.6) is 0 Å². The number of piperazine rings is 2. The number of amides is 2. The van der Waals surface area contributed by atoms with Crippen LogP contribution < -0.4 is 9.80 Å². The number of hydrogen-bond donors (Lipinski definition) is 0. The number of nitro groups is 1. The SMILES string of the molecule is CN1CCN(CC(=O)N2c3cccc4cccc(c34)N(C(=O)CN3CCN(C)CC3)C2c2cn(-c3ccccc3)nc2-c2cccc([N+](=O)[O-])c2)CC1. The van der Waals surface area contributed by atoms with Gasteiger partial charge in [-0.15, -0.1) is 0 Å². The lowest BCUT2D eigenvalue weighted by molar-refractivity contribution is -0.384. The van der Waals surface area contributed by atoms with E-state index in [9.17, 15) is 10.1 Å². The van der Waals surface area contributed by atoms with Gasteiger partial charge in [-0.1, -0.05) is 54.6 Å². The minimum Gasteiger partial charge on any atom is -0.304 e. The zero-order valence-electron chi connectivity index (χ0n) is 30.0. The van der Waals surface area contributed by atoms with E-state index in [1.165, 1.54) is 12.1 Å². The molecule has 2 fully saturated rings. The first-order valence-corrected chi connectivity index (χ1v) is 18.1. The summed E-state index contributed by atoms with van der Waals surface area (Å²) >= 11 is 0. The first kappa shape index (κ1) is 34.6. The fourth-order valence-electron chi connectivity index (χ4n) is 7.73. The molecule has 3 aliphatic rings. The molecule has 0 N–H and O–H groups in total. The zero-order valence-corrected chi connectivity index (χ0v) is 30.0. The largest absolute Gasteiger partial charge is 0.304 e. The van der Waals surface area contributed by atoms with Gasteiger partial charge in [0.1, 0.15) is 11.9 Å². The number of hydrogen-bond acceptors (Lipinski definition) is 9. The summed E-state index contributed by atoms with van der Waals surface area (Å²) in [6.45, 7) is 6.74. The van der Waals surface area contributed by atoms with Gasteiger partial charge in [-0.3, -0.25) is 39.3 Å². The first-order chi connectivity index (χ1) is 25.7. The molecule has 13 nitrogen and oxygen atoms in total. The molecular weight excluding hydrogens is 670 g/mol. The summed E-state index contributed by atoms with van der Waals surface area (Å²) < 4.78 is 1.73. The summed E-state index contributed by atoms with van der Waals surface area (Å²) in [4.78, 5) is 54.1. The van der Waals surface area contributed by atoms with Gasteiger partial charge in [-0.25, -0.2) is 4.68 Å². The Morgan fingerprint density at radius 2 is 1.26 bits per heavy atom. The van der Waals surface area contributed by atoms with E-state index in [0.717, 1.165) is 68.8 Å². The molecular formula is C40H43N9O4. The molecule has 8 rings (SSSR count). The smallest absolute Gasteiger partial charge is 0.270 e. The molecule has 3 aliphatic heterocycles. The molecule has 4 aromatic carbocycles. The molecule has 0 unspecified atom stereocenters. The van der Waals surface area contributed by atoms with Gasteiger partial charge in [0.25, 0.3) is 5.69 Å². The lowest BCUT2D eigenvalue weighted by Crippen LogP contribution is -2.56. The number of para-hydroxylation sites is 1. The van der Waals surface area contributed by atoms with Crippen molar-refractivity contribution in [3.63, 3.8) is 0 Å². The van der Waals surface area contributed by atoms with Crippen LogP contribution >= 0.6 is 0 Å². The number of aromatic nitrogens is 2. The fraction of sp³-hybridized carbons (Fsp3) is 0.325. The Balaban J connectivity index is 1.34. The number of rotatable bonds is 8. The average Bonchev–Trinajstić information content (AvgIpc) is 3.62. The van der Waals surface area contributed by atoms with Crippen molar-refractivity contribution in [2.75, 3.05) is 89.3 Å². The van der Waals surface area contributed by atoms with Crippen molar-refractivity contribution in [1.82, 2.24) is 29.4 Å². The fourth-order valence-corrected chi connectivity index (χ4v) is 7.73. The predicted molar refractivity (Wildman–Crippen MR) is 205 cm³/mol. The van der Waals surface area contributed by atoms with Crippen molar-refractivity contribution < 1.29 is 14.5 Å². The Morgan fingerprint density at radius 3 is 1.81 bits per heavy atom. The molecule has 1 aromatic heterocycles. The second kappa shape index (κ2) is 14.5. The van der Waals surface area contributed by atoms with Gasteiger partial charge in [-0.2, -0.15) is 5.10 Å². The van der Waals surface area contributed by atoms with Gasteiger partial charge in [0, 0.05) is 87.2 Å². The van der Waals surface area contributed by atoms with Crippen LogP contribution in [-0.2, 0) is 9.59 Å². The van der Waals surface area contributed by atoms with Gasteiger partial charge >= 0.3 is 0 Å². The maximum absolute atomic E-state index is 15.0. The minimum atomic E-state index is -0.942. The Bertz CT molecular complexity index is 2080. The van der Waals surface area contributed by atoms with Gasteiger partial charge < -0.3 is 9.80 Å². The molecule has 0 atom stereocenters. The van der Waals surface area contributed by atoms with Crippen LogP contribution in [0.2, 0.25) is 0 Å². The normalized spacial score (nSPS) is 17.8. The van der Waals surface area contributed by atoms with Gasteiger partial charge in [-0.05, 0) is 43.7 Å². The van der Waals surface area contributed by atoms with E-state index in [1.54, 1.807) is 26.6 Å². The molecule has 0 spiro atoms. The second-order valence-corrected chi connectivity index (χ2v) is 14.2. The van der Waals surface area contributed by atoms with Crippen LogP contribution in [0.25, 0.3) is 27.7 Å². The summed E-state index contributed by atoms with van der Waals surface area (Å²) in [5.41, 5.74) is 3.66. The Morgan fingerprint density at radius 1 is 0.717 bits per heavy atom. The molecule has 0 aliphatic carbocycles. The van der Waals surface area contributed by atoms with E-state index in [1.807, 2.05) is 72.9 Å². The summed E-state index contributed by atoms with van der Waals surface area (Å²) in [5, 5.41) is 18.8. The van der Waals surface area contributed by atoms with Crippen LogP contribution in [0.3, 0.4) is 0 Å². The highest BCUT2D eigenvalue weighted by Gasteiger charge is 2.44. The standard InChI is InChI=1S/C40H43N9O4/c1-42-17-21-44(22-18-42)27-36(50)47-34-15-7-9-29-10-8-16-35(38(29)34)48(37(51)28-45-23-19-43(2)20-24-45)40(47)33-26-46(31-12-4-3-5-13-31)41-39(33)30-11-6-14-32(25-30)49(52)53/h3-16,25-26,40H,17-24,27-28H2,1-2H3.